The number of ether oxygens (including phenoxy) is 1. The molecule has 8 heteroatoms. The van der Waals surface area contributed by atoms with E-state index in [1.54, 1.807) is 26.2 Å². The number of pyridine rings is 1. The molecule has 1 N–H and O–H groups in total. The third-order valence-electron chi connectivity index (χ3n) is 3.60. The molecule has 25 heavy (non-hydrogen) atoms. The maximum atomic E-state index is 14.9. The molecule has 1 aromatic carbocycles. The van der Waals surface area contributed by atoms with Crippen LogP contribution in [0, 0.1) is 5.82 Å². The average Bonchev–Trinajstić information content (AvgIpc) is 2.62. The molecule has 132 valence electrons. The maximum Gasteiger partial charge on any atom is 0.272 e. The molecule has 0 aliphatic rings. The molecule has 0 aliphatic heterocycles. The zero-order valence-electron chi connectivity index (χ0n) is 14.2. The Hall–Kier alpha value is -2.67. The topological polar surface area (TPSA) is 75.0 Å². The Morgan fingerprint density at radius 3 is 2.68 bits per heavy atom. The maximum absolute atomic E-state index is 14.9. The van der Waals surface area contributed by atoms with Crippen molar-refractivity contribution < 1.29 is 19.1 Å². The second-order valence-corrected chi connectivity index (χ2v) is 5.82. The number of carbonyl (C=O) groups excluding carboxylic acids is 1. The first-order chi connectivity index (χ1) is 11.8. The number of amides is 1. The van der Waals surface area contributed by atoms with Crippen LogP contribution in [0.5, 0.6) is 5.75 Å². The Morgan fingerprint density at radius 1 is 1.44 bits per heavy atom. The SMILES string of the molecule is COc1c(C(C)=NO)cc(Cl)c(F)c1-c1cccnc1C(=O)N(C)C. The predicted octanol–water partition coefficient (Wildman–Crippen LogP) is 3.45. The second-order valence-electron chi connectivity index (χ2n) is 5.41. The van der Waals surface area contributed by atoms with Crippen molar-refractivity contribution in [3.8, 4) is 16.9 Å². The lowest BCUT2D eigenvalue weighted by molar-refractivity contribution is 0.0823. The van der Waals surface area contributed by atoms with E-state index in [-0.39, 0.29) is 33.3 Å². The molecule has 0 unspecified atom stereocenters. The number of methoxy groups -OCH3 is 1. The lowest BCUT2D eigenvalue weighted by Crippen LogP contribution is -2.23. The molecule has 1 aromatic heterocycles. The van der Waals surface area contributed by atoms with E-state index in [0.29, 0.717) is 5.56 Å². The first-order valence-corrected chi connectivity index (χ1v) is 7.63. The summed E-state index contributed by atoms with van der Waals surface area (Å²) in [5.41, 5.74) is 0.746. The number of carbonyl (C=O) groups is 1. The lowest BCUT2D eigenvalue weighted by Gasteiger charge is -2.18. The van der Waals surface area contributed by atoms with Gasteiger partial charge in [0.1, 0.15) is 11.4 Å². The molecule has 0 radical (unpaired) electrons. The van der Waals surface area contributed by atoms with Crippen molar-refractivity contribution in [1.82, 2.24) is 9.88 Å². The monoisotopic (exact) mass is 365 g/mol. The Bertz CT molecular complexity index is 853. The highest BCUT2D eigenvalue weighted by Gasteiger charge is 2.26. The zero-order valence-corrected chi connectivity index (χ0v) is 14.9. The minimum Gasteiger partial charge on any atom is -0.495 e. The van der Waals surface area contributed by atoms with Crippen LogP contribution >= 0.6 is 11.6 Å². The summed E-state index contributed by atoms with van der Waals surface area (Å²) in [6.07, 6.45) is 1.44. The molecule has 2 aromatic rings. The van der Waals surface area contributed by atoms with E-state index >= 15 is 0 Å². The lowest BCUT2D eigenvalue weighted by atomic mass is 9.97. The van der Waals surface area contributed by atoms with Crippen LogP contribution in [0.1, 0.15) is 23.0 Å². The molecule has 1 amide bonds. The summed E-state index contributed by atoms with van der Waals surface area (Å²) in [6, 6.07) is 4.43. The predicted molar refractivity (Wildman–Crippen MR) is 93.2 cm³/mol. The van der Waals surface area contributed by atoms with Crippen LogP contribution in [0.25, 0.3) is 11.1 Å². The molecular formula is C17H17ClFN3O3. The van der Waals surface area contributed by atoms with Crippen LogP contribution in [-0.4, -0.2) is 47.9 Å². The van der Waals surface area contributed by atoms with Crippen molar-refractivity contribution in [2.75, 3.05) is 21.2 Å². The van der Waals surface area contributed by atoms with Crippen molar-refractivity contribution in [2.24, 2.45) is 5.16 Å². The van der Waals surface area contributed by atoms with E-state index in [4.69, 9.17) is 21.5 Å². The molecule has 6 nitrogen and oxygen atoms in total. The van der Waals surface area contributed by atoms with Gasteiger partial charge in [-0.1, -0.05) is 22.8 Å². The number of rotatable bonds is 4. The van der Waals surface area contributed by atoms with Gasteiger partial charge in [-0.25, -0.2) is 4.39 Å². The summed E-state index contributed by atoms with van der Waals surface area (Å²) in [5, 5.41) is 12.0. The Labute approximate surface area is 149 Å². The summed E-state index contributed by atoms with van der Waals surface area (Å²) in [5.74, 6) is -1.06. The third-order valence-corrected chi connectivity index (χ3v) is 3.88. The number of oxime groups is 1. The second kappa shape index (κ2) is 7.48. The molecule has 0 spiro atoms. The van der Waals surface area contributed by atoms with Gasteiger partial charge < -0.3 is 14.8 Å². The smallest absolute Gasteiger partial charge is 0.272 e. The van der Waals surface area contributed by atoms with Crippen molar-refractivity contribution in [2.45, 2.75) is 6.92 Å². The number of aromatic nitrogens is 1. The molecule has 1 heterocycles. The number of benzene rings is 1. The van der Waals surface area contributed by atoms with E-state index in [1.807, 2.05) is 0 Å². The van der Waals surface area contributed by atoms with Crippen LogP contribution < -0.4 is 4.74 Å². The van der Waals surface area contributed by atoms with E-state index in [9.17, 15) is 9.18 Å². The van der Waals surface area contributed by atoms with Gasteiger partial charge in [0.15, 0.2) is 5.82 Å². The van der Waals surface area contributed by atoms with Gasteiger partial charge in [0, 0.05) is 31.4 Å². The Morgan fingerprint density at radius 2 is 2.12 bits per heavy atom. The third kappa shape index (κ3) is 3.41. The molecule has 0 aliphatic carbocycles. The number of nitrogens with zero attached hydrogens (tertiary/aromatic N) is 3. The normalized spacial score (nSPS) is 11.4. The molecular weight excluding hydrogens is 349 g/mol. The molecule has 0 fully saturated rings. The van der Waals surface area contributed by atoms with Crippen molar-refractivity contribution in [3.63, 3.8) is 0 Å². The van der Waals surface area contributed by atoms with Gasteiger partial charge >= 0.3 is 0 Å². The van der Waals surface area contributed by atoms with Gasteiger partial charge in [0.2, 0.25) is 0 Å². The Balaban J connectivity index is 2.89. The van der Waals surface area contributed by atoms with Gasteiger partial charge in [0.25, 0.3) is 5.91 Å². The summed E-state index contributed by atoms with van der Waals surface area (Å²) in [7, 11) is 4.49. The highest BCUT2D eigenvalue weighted by molar-refractivity contribution is 6.31. The van der Waals surface area contributed by atoms with E-state index in [0.717, 1.165) is 0 Å². The largest absolute Gasteiger partial charge is 0.495 e. The van der Waals surface area contributed by atoms with E-state index in [1.165, 1.54) is 31.2 Å². The number of hydrogen-bond donors (Lipinski definition) is 1. The van der Waals surface area contributed by atoms with Crippen molar-refractivity contribution in [3.05, 3.63) is 46.5 Å². The van der Waals surface area contributed by atoms with Gasteiger partial charge in [-0.15, -0.1) is 0 Å². The quantitative estimate of drug-likeness (QED) is 0.511. The number of halogens is 2. The molecule has 0 bridgehead atoms. The van der Waals surface area contributed by atoms with Crippen molar-refractivity contribution >= 4 is 23.2 Å². The molecule has 2 rings (SSSR count). The standard InChI is InChI=1S/C17H17ClFN3O3/c1-9(21-24)11-8-12(18)14(19)13(16(11)25-4)10-6-5-7-20-15(10)17(23)22(2)3/h5-8,24H,1-4H3. The van der Waals surface area contributed by atoms with Gasteiger partial charge in [-0.05, 0) is 19.1 Å². The zero-order chi connectivity index (χ0) is 18.7. The van der Waals surface area contributed by atoms with E-state index in [2.05, 4.69) is 10.1 Å². The molecule has 0 saturated carbocycles. The van der Waals surface area contributed by atoms with Crippen LogP contribution in [0.15, 0.2) is 29.6 Å². The summed E-state index contributed by atoms with van der Waals surface area (Å²) >= 11 is 6.01. The fraction of sp³-hybridized carbons (Fsp3) is 0.235. The first-order valence-electron chi connectivity index (χ1n) is 7.25. The van der Waals surface area contributed by atoms with Crippen LogP contribution in [0.3, 0.4) is 0 Å². The highest BCUT2D eigenvalue weighted by atomic mass is 35.5. The fourth-order valence-electron chi connectivity index (χ4n) is 2.37. The van der Waals surface area contributed by atoms with E-state index < -0.39 is 11.7 Å². The fourth-order valence-corrected chi connectivity index (χ4v) is 2.58. The minimum atomic E-state index is -0.756. The summed E-state index contributed by atoms with van der Waals surface area (Å²) < 4.78 is 20.2. The summed E-state index contributed by atoms with van der Waals surface area (Å²) in [4.78, 5) is 17.8. The number of hydrogen-bond acceptors (Lipinski definition) is 5. The van der Waals surface area contributed by atoms with Crippen LogP contribution in [0.4, 0.5) is 4.39 Å². The van der Waals surface area contributed by atoms with Gasteiger partial charge in [-0.2, -0.15) is 0 Å². The Kier molecular flexibility index (Phi) is 5.58. The van der Waals surface area contributed by atoms with Crippen LogP contribution in [0.2, 0.25) is 5.02 Å². The van der Waals surface area contributed by atoms with Gasteiger partial charge in [0.05, 0.1) is 23.4 Å². The minimum absolute atomic E-state index is 0.0219. The molecule has 0 saturated heterocycles. The average molecular weight is 366 g/mol. The van der Waals surface area contributed by atoms with Crippen molar-refractivity contribution in [1.29, 1.82) is 0 Å². The highest BCUT2D eigenvalue weighted by Crippen LogP contribution is 2.40. The molecule has 0 atom stereocenters. The first kappa shape index (κ1) is 18.7. The van der Waals surface area contributed by atoms with Gasteiger partial charge in [-0.3, -0.25) is 9.78 Å². The summed E-state index contributed by atoms with van der Waals surface area (Å²) in [6.45, 7) is 1.52. The van der Waals surface area contributed by atoms with Crippen LogP contribution in [-0.2, 0) is 0 Å².